The second-order valence-electron chi connectivity index (χ2n) is 3.28. The number of benzene rings is 1. The Morgan fingerprint density at radius 1 is 1.18 bits per heavy atom. The fraction of sp³-hybridized carbons (Fsp3) is 0.0909. The van der Waals surface area contributed by atoms with Crippen LogP contribution in [0.4, 0.5) is 18.9 Å². The number of nitrogens with two attached hydrogens (primary N) is 1. The second kappa shape index (κ2) is 4.29. The molecule has 0 saturated carbocycles. The van der Waals surface area contributed by atoms with Gasteiger partial charge in [-0.05, 0) is 29.1 Å². The highest BCUT2D eigenvalue weighted by Crippen LogP contribution is 2.34. The van der Waals surface area contributed by atoms with Crippen LogP contribution in [-0.4, -0.2) is 6.36 Å². The molecule has 90 valence electrons. The summed E-state index contributed by atoms with van der Waals surface area (Å²) < 4.78 is 40.2. The van der Waals surface area contributed by atoms with Crippen molar-refractivity contribution in [2.24, 2.45) is 0 Å². The smallest absolute Gasteiger partial charge is 0.404 e. The number of hydrogen-bond acceptors (Lipinski definition) is 3. The first-order valence-corrected chi connectivity index (χ1v) is 5.53. The third kappa shape index (κ3) is 2.91. The molecule has 6 heteroatoms. The van der Waals surface area contributed by atoms with E-state index < -0.39 is 6.36 Å². The first-order chi connectivity index (χ1) is 7.96. The van der Waals surface area contributed by atoms with Crippen molar-refractivity contribution in [2.45, 2.75) is 6.36 Å². The van der Waals surface area contributed by atoms with E-state index in [0.29, 0.717) is 5.56 Å². The minimum atomic E-state index is -4.73. The highest BCUT2D eigenvalue weighted by molar-refractivity contribution is 7.13. The van der Waals surface area contributed by atoms with Gasteiger partial charge in [0.2, 0.25) is 0 Å². The maximum Gasteiger partial charge on any atom is 0.573 e. The first-order valence-electron chi connectivity index (χ1n) is 4.65. The molecule has 0 saturated heterocycles. The molecule has 2 aromatic rings. The molecule has 0 fully saturated rings. The molecule has 1 heterocycles. The number of thiophene rings is 1. The van der Waals surface area contributed by atoms with E-state index in [1.165, 1.54) is 23.5 Å². The van der Waals surface area contributed by atoms with E-state index in [2.05, 4.69) is 4.74 Å². The maximum absolute atomic E-state index is 12.1. The van der Waals surface area contributed by atoms with Gasteiger partial charge in [-0.2, -0.15) is 0 Å². The summed E-state index contributed by atoms with van der Waals surface area (Å²) in [5.41, 5.74) is 6.04. The number of hydrogen-bond donors (Lipinski definition) is 1. The summed E-state index contributed by atoms with van der Waals surface area (Å²) >= 11 is 1.43. The molecule has 17 heavy (non-hydrogen) atoms. The quantitative estimate of drug-likeness (QED) is 0.830. The van der Waals surface area contributed by atoms with Crippen molar-refractivity contribution < 1.29 is 17.9 Å². The van der Waals surface area contributed by atoms with Gasteiger partial charge in [-0.15, -0.1) is 24.5 Å². The van der Waals surface area contributed by atoms with Crippen LogP contribution >= 0.6 is 11.3 Å². The van der Waals surface area contributed by atoms with Gasteiger partial charge in [-0.1, -0.05) is 12.1 Å². The summed E-state index contributed by atoms with van der Waals surface area (Å²) in [6.45, 7) is 0. The van der Waals surface area contributed by atoms with Crippen molar-refractivity contribution in [1.29, 1.82) is 0 Å². The van der Waals surface area contributed by atoms with Gasteiger partial charge in [0, 0.05) is 4.88 Å². The summed E-state index contributed by atoms with van der Waals surface area (Å²) in [6.07, 6.45) is -4.73. The van der Waals surface area contributed by atoms with Crippen LogP contribution in [0.25, 0.3) is 10.4 Å². The summed E-state index contributed by atoms with van der Waals surface area (Å²) in [6, 6.07) is 7.98. The number of anilines is 1. The SMILES string of the molecule is Nc1ccc(-c2cccs2)cc1OC(F)(F)F. The molecular weight excluding hydrogens is 251 g/mol. The van der Waals surface area contributed by atoms with Gasteiger partial charge >= 0.3 is 6.36 Å². The van der Waals surface area contributed by atoms with Crippen LogP contribution in [0, 0.1) is 0 Å². The molecule has 0 radical (unpaired) electrons. The number of alkyl halides is 3. The molecule has 0 unspecified atom stereocenters. The zero-order valence-electron chi connectivity index (χ0n) is 8.49. The van der Waals surface area contributed by atoms with E-state index in [-0.39, 0.29) is 11.4 Å². The van der Waals surface area contributed by atoms with Crippen LogP contribution in [0.15, 0.2) is 35.7 Å². The predicted octanol–water partition coefficient (Wildman–Crippen LogP) is 3.90. The largest absolute Gasteiger partial charge is 0.573 e. The Labute approximate surface area is 99.4 Å². The standard InChI is InChI=1S/C11H8F3NOS/c12-11(13,14)16-9-6-7(3-4-8(9)15)10-2-1-5-17-10/h1-6H,15H2. The summed E-state index contributed by atoms with van der Waals surface area (Å²) in [5.74, 6) is -0.372. The van der Waals surface area contributed by atoms with Crippen molar-refractivity contribution in [2.75, 3.05) is 5.73 Å². The third-order valence-electron chi connectivity index (χ3n) is 2.04. The minimum Gasteiger partial charge on any atom is -0.404 e. The van der Waals surface area contributed by atoms with Gasteiger partial charge in [-0.25, -0.2) is 0 Å². The predicted molar refractivity (Wildman–Crippen MR) is 60.9 cm³/mol. The lowest BCUT2D eigenvalue weighted by Gasteiger charge is -2.11. The van der Waals surface area contributed by atoms with Crippen LogP contribution < -0.4 is 10.5 Å². The minimum absolute atomic E-state index is 0.0392. The molecule has 0 atom stereocenters. The zero-order chi connectivity index (χ0) is 12.5. The molecule has 0 spiro atoms. The van der Waals surface area contributed by atoms with E-state index in [0.717, 1.165) is 4.88 Å². The number of rotatable bonds is 2. The molecule has 0 aliphatic heterocycles. The lowest BCUT2D eigenvalue weighted by molar-refractivity contribution is -0.274. The Bertz CT molecular complexity index is 508. The Kier molecular flexibility index (Phi) is 2.97. The highest BCUT2D eigenvalue weighted by atomic mass is 32.1. The molecule has 1 aromatic carbocycles. The Morgan fingerprint density at radius 3 is 2.53 bits per heavy atom. The van der Waals surface area contributed by atoms with Gasteiger partial charge in [0.1, 0.15) is 0 Å². The van der Waals surface area contributed by atoms with Crippen LogP contribution in [-0.2, 0) is 0 Å². The Balaban J connectivity index is 2.36. The number of ether oxygens (including phenoxy) is 1. The fourth-order valence-electron chi connectivity index (χ4n) is 1.34. The molecule has 0 aliphatic carbocycles. The van der Waals surface area contributed by atoms with Crippen LogP contribution in [0.2, 0.25) is 0 Å². The molecule has 0 bridgehead atoms. The van der Waals surface area contributed by atoms with Gasteiger partial charge in [0.15, 0.2) is 5.75 Å². The van der Waals surface area contributed by atoms with E-state index in [4.69, 9.17) is 5.73 Å². The van der Waals surface area contributed by atoms with Gasteiger partial charge in [0.25, 0.3) is 0 Å². The molecule has 1 aromatic heterocycles. The van der Waals surface area contributed by atoms with Gasteiger partial charge in [0.05, 0.1) is 5.69 Å². The lowest BCUT2D eigenvalue weighted by atomic mass is 10.1. The molecule has 0 aliphatic rings. The van der Waals surface area contributed by atoms with Crippen molar-refractivity contribution >= 4 is 17.0 Å². The van der Waals surface area contributed by atoms with E-state index >= 15 is 0 Å². The number of nitrogen functional groups attached to an aromatic ring is 1. The van der Waals surface area contributed by atoms with E-state index in [1.54, 1.807) is 6.07 Å². The maximum atomic E-state index is 12.1. The Morgan fingerprint density at radius 2 is 1.94 bits per heavy atom. The van der Waals surface area contributed by atoms with Crippen molar-refractivity contribution in [3.8, 4) is 16.2 Å². The van der Waals surface area contributed by atoms with Crippen molar-refractivity contribution in [1.82, 2.24) is 0 Å². The summed E-state index contributed by atoms with van der Waals surface area (Å²) in [5, 5.41) is 1.84. The Hall–Kier alpha value is -1.69. The number of halogens is 3. The third-order valence-corrected chi connectivity index (χ3v) is 2.96. The van der Waals surface area contributed by atoms with Crippen molar-refractivity contribution in [3.05, 3.63) is 35.7 Å². The molecule has 2 nitrogen and oxygen atoms in total. The van der Waals surface area contributed by atoms with Crippen molar-refractivity contribution in [3.63, 3.8) is 0 Å². The fourth-order valence-corrected chi connectivity index (χ4v) is 2.07. The molecule has 0 amide bonds. The van der Waals surface area contributed by atoms with Crippen LogP contribution in [0.1, 0.15) is 0 Å². The molecule has 2 N–H and O–H groups in total. The average Bonchev–Trinajstić information content (AvgIpc) is 2.72. The van der Waals surface area contributed by atoms with Gasteiger partial charge in [-0.3, -0.25) is 0 Å². The van der Waals surface area contributed by atoms with E-state index in [1.807, 2.05) is 17.5 Å². The summed E-state index contributed by atoms with van der Waals surface area (Å²) in [7, 11) is 0. The molecule has 2 rings (SSSR count). The highest BCUT2D eigenvalue weighted by Gasteiger charge is 2.32. The van der Waals surface area contributed by atoms with Crippen LogP contribution in [0.5, 0.6) is 5.75 Å². The normalized spacial score (nSPS) is 11.5. The average molecular weight is 259 g/mol. The second-order valence-corrected chi connectivity index (χ2v) is 4.23. The molecular formula is C11H8F3NOS. The van der Waals surface area contributed by atoms with Crippen LogP contribution in [0.3, 0.4) is 0 Å². The first kappa shape index (κ1) is 11.8. The monoisotopic (exact) mass is 259 g/mol. The lowest BCUT2D eigenvalue weighted by Crippen LogP contribution is -2.18. The zero-order valence-corrected chi connectivity index (χ0v) is 9.31. The van der Waals surface area contributed by atoms with E-state index in [9.17, 15) is 13.2 Å². The topological polar surface area (TPSA) is 35.2 Å². The van der Waals surface area contributed by atoms with Gasteiger partial charge < -0.3 is 10.5 Å². The summed E-state index contributed by atoms with van der Waals surface area (Å²) in [4.78, 5) is 0.858.